The lowest BCUT2D eigenvalue weighted by Gasteiger charge is -2.30. The molecule has 1 aliphatic carbocycles. The third kappa shape index (κ3) is 2.82. The van der Waals surface area contributed by atoms with Crippen molar-refractivity contribution < 1.29 is 4.74 Å². The molecule has 3 rings (SSSR count). The van der Waals surface area contributed by atoms with E-state index in [-0.39, 0.29) is 0 Å². The monoisotopic (exact) mass is 264 g/mol. The summed E-state index contributed by atoms with van der Waals surface area (Å²) in [6.45, 7) is 2.56. The van der Waals surface area contributed by atoms with Gasteiger partial charge in [0.15, 0.2) is 0 Å². The summed E-state index contributed by atoms with van der Waals surface area (Å²) in [5.74, 6) is 2.49. The van der Waals surface area contributed by atoms with E-state index in [9.17, 15) is 0 Å². The summed E-state index contributed by atoms with van der Waals surface area (Å²) in [5.41, 5.74) is 5.77. The smallest absolute Gasteiger partial charge is 0.136 e. The van der Waals surface area contributed by atoms with Crippen LogP contribution in [0.25, 0.3) is 0 Å². The Morgan fingerprint density at radius 2 is 1.89 bits per heavy atom. The molecular weight excluding hydrogens is 240 g/mol. The topological polar surface area (TPSA) is 66.0 Å². The first-order chi connectivity index (χ1) is 9.38. The zero-order valence-corrected chi connectivity index (χ0v) is 11.5. The molecule has 5 heteroatoms. The van der Waals surface area contributed by atoms with Crippen molar-refractivity contribution in [3.8, 4) is 0 Å². The van der Waals surface area contributed by atoms with Gasteiger partial charge in [0.2, 0.25) is 0 Å². The van der Waals surface area contributed by atoms with Crippen LogP contribution in [-0.4, -0.2) is 34.5 Å². The number of hydrogen-bond donors (Lipinski definition) is 1. The van der Waals surface area contributed by atoms with Crippen molar-refractivity contribution in [3.05, 3.63) is 12.2 Å². The zero-order chi connectivity index (χ0) is 13.1. The van der Waals surface area contributed by atoms with Gasteiger partial charge in [-0.3, -0.25) is 0 Å². The van der Waals surface area contributed by atoms with Gasteiger partial charge in [-0.1, -0.05) is 0 Å². The summed E-state index contributed by atoms with van der Waals surface area (Å²) in [6, 6.07) is 0.533. The predicted octanol–water partition coefficient (Wildman–Crippen LogP) is 1.86. The van der Waals surface area contributed by atoms with E-state index >= 15 is 0 Å². The molecule has 1 aromatic heterocycles. The molecule has 2 fully saturated rings. The molecule has 1 aliphatic heterocycles. The third-order valence-corrected chi connectivity index (χ3v) is 4.73. The molecular formula is C14H24N4O. The SMILES string of the molecule is NCC1CCC(c2nncn2C2CCOCC2)CC1. The van der Waals surface area contributed by atoms with Crippen molar-refractivity contribution in [2.24, 2.45) is 11.7 Å². The van der Waals surface area contributed by atoms with Crippen LogP contribution in [0.2, 0.25) is 0 Å². The molecule has 0 spiro atoms. The number of hydrogen-bond acceptors (Lipinski definition) is 4. The molecule has 106 valence electrons. The van der Waals surface area contributed by atoms with Crippen LogP contribution in [0.5, 0.6) is 0 Å². The van der Waals surface area contributed by atoms with Gasteiger partial charge in [0.1, 0.15) is 12.2 Å². The maximum Gasteiger partial charge on any atom is 0.136 e. The molecule has 1 aromatic rings. The molecule has 0 radical (unpaired) electrons. The standard InChI is InChI=1S/C14H24N4O/c15-9-11-1-3-12(4-2-11)14-17-16-10-18(14)13-5-7-19-8-6-13/h10-13H,1-9,15H2. The van der Waals surface area contributed by atoms with Gasteiger partial charge in [-0.05, 0) is 51.0 Å². The highest BCUT2D eigenvalue weighted by Gasteiger charge is 2.27. The summed E-state index contributed by atoms with van der Waals surface area (Å²) in [7, 11) is 0. The van der Waals surface area contributed by atoms with E-state index in [1.807, 2.05) is 6.33 Å². The van der Waals surface area contributed by atoms with Crippen molar-refractivity contribution in [2.75, 3.05) is 19.8 Å². The molecule has 2 heterocycles. The van der Waals surface area contributed by atoms with Crippen LogP contribution in [0, 0.1) is 5.92 Å². The van der Waals surface area contributed by atoms with Crippen LogP contribution < -0.4 is 5.73 Å². The second-order valence-corrected chi connectivity index (χ2v) is 5.89. The first-order valence-electron chi connectivity index (χ1n) is 7.55. The van der Waals surface area contributed by atoms with Crippen molar-refractivity contribution >= 4 is 0 Å². The highest BCUT2D eigenvalue weighted by Crippen LogP contribution is 2.36. The van der Waals surface area contributed by atoms with Crippen molar-refractivity contribution in [2.45, 2.75) is 50.5 Å². The molecule has 2 N–H and O–H groups in total. The molecule has 0 bridgehead atoms. The van der Waals surface area contributed by atoms with Crippen LogP contribution in [0.4, 0.5) is 0 Å². The third-order valence-electron chi connectivity index (χ3n) is 4.73. The van der Waals surface area contributed by atoms with Crippen LogP contribution in [0.15, 0.2) is 6.33 Å². The summed E-state index contributed by atoms with van der Waals surface area (Å²) in [4.78, 5) is 0. The van der Waals surface area contributed by atoms with Gasteiger partial charge < -0.3 is 15.0 Å². The van der Waals surface area contributed by atoms with Crippen LogP contribution in [0.1, 0.15) is 56.3 Å². The van der Waals surface area contributed by atoms with E-state index in [0.717, 1.165) is 38.5 Å². The van der Waals surface area contributed by atoms with Gasteiger partial charge in [0.25, 0.3) is 0 Å². The zero-order valence-electron chi connectivity index (χ0n) is 11.5. The fraction of sp³-hybridized carbons (Fsp3) is 0.857. The highest BCUT2D eigenvalue weighted by atomic mass is 16.5. The molecule has 0 aromatic carbocycles. The Morgan fingerprint density at radius 3 is 2.58 bits per heavy atom. The van der Waals surface area contributed by atoms with Gasteiger partial charge in [-0.15, -0.1) is 10.2 Å². The first-order valence-corrected chi connectivity index (χ1v) is 7.55. The average molecular weight is 264 g/mol. The number of aromatic nitrogens is 3. The number of nitrogens with two attached hydrogens (primary N) is 1. The van der Waals surface area contributed by atoms with Crippen LogP contribution >= 0.6 is 0 Å². The Kier molecular flexibility index (Phi) is 4.13. The minimum atomic E-state index is 0.533. The number of ether oxygens (including phenoxy) is 1. The molecule has 5 nitrogen and oxygen atoms in total. The number of rotatable bonds is 3. The molecule has 0 unspecified atom stereocenters. The quantitative estimate of drug-likeness (QED) is 0.905. The van der Waals surface area contributed by atoms with Crippen LogP contribution in [0.3, 0.4) is 0 Å². The number of nitrogens with zero attached hydrogens (tertiary/aromatic N) is 3. The molecule has 1 saturated heterocycles. The van der Waals surface area contributed by atoms with Crippen LogP contribution in [-0.2, 0) is 4.74 Å². The molecule has 1 saturated carbocycles. The maximum absolute atomic E-state index is 5.77. The predicted molar refractivity (Wildman–Crippen MR) is 72.9 cm³/mol. The maximum atomic E-state index is 5.77. The summed E-state index contributed by atoms with van der Waals surface area (Å²) in [5, 5.41) is 8.57. The molecule has 0 atom stereocenters. The van der Waals surface area contributed by atoms with Crippen molar-refractivity contribution in [1.82, 2.24) is 14.8 Å². The summed E-state index contributed by atoms with van der Waals surface area (Å²) < 4.78 is 7.76. The van der Waals surface area contributed by atoms with Gasteiger partial charge in [0, 0.05) is 25.2 Å². The van der Waals surface area contributed by atoms with E-state index in [2.05, 4.69) is 14.8 Å². The minimum absolute atomic E-state index is 0.533. The Balaban J connectivity index is 1.69. The Labute approximate surface area is 114 Å². The van der Waals surface area contributed by atoms with Crippen molar-refractivity contribution in [1.29, 1.82) is 0 Å². The largest absolute Gasteiger partial charge is 0.381 e. The fourth-order valence-corrected chi connectivity index (χ4v) is 3.44. The molecule has 0 amide bonds. The Bertz CT molecular complexity index is 392. The lowest BCUT2D eigenvalue weighted by Crippen LogP contribution is -2.25. The van der Waals surface area contributed by atoms with Gasteiger partial charge in [-0.2, -0.15) is 0 Å². The van der Waals surface area contributed by atoms with E-state index in [0.29, 0.717) is 12.0 Å². The summed E-state index contributed by atoms with van der Waals surface area (Å²) in [6.07, 6.45) is 8.99. The first kappa shape index (κ1) is 13.1. The highest BCUT2D eigenvalue weighted by molar-refractivity contribution is 5.01. The Morgan fingerprint density at radius 1 is 1.16 bits per heavy atom. The average Bonchev–Trinajstić information content (AvgIpc) is 2.98. The fourth-order valence-electron chi connectivity index (χ4n) is 3.44. The van der Waals surface area contributed by atoms with Crippen molar-refractivity contribution in [3.63, 3.8) is 0 Å². The second kappa shape index (κ2) is 6.01. The van der Waals surface area contributed by atoms with E-state index in [4.69, 9.17) is 10.5 Å². The lowest BCUT2D eigenvalue weighted by atomic mass is 9.81. The second-order valence-electron chi connectivity index (χ2n) is 5.89. The normalized spacial score (nSPS) is 29.5. The lowest BCUT2D eigenvalue weighted by molar-refractivity contribution is 0.0681. The van der Waals surface area contributed by atoms with Gasteiger partial charge in [-0.25, -0.2) is 0 Å². The van der Waals surface area contributed by atoms with Gasteiger partial charge in [0.05, 0.1) is 0 Å². The molecule has 2 aliphatic rings. The minimum Gasteiger partial charge on any atom is -0.381 e. The Hall–Kier alpha value is -0.940. The van der Waals surface area contributed by atoms with E-state index < -0.39 is 0 Å². The van der Waals surface area contributed by atoms with E-state index in [1.165, 1.54) is 31.5 Å². The van der Waals surface area contributed by atoms with E-state index in [1.54, 1.807) is 0 Å². The molecule has 19 heavy (non-hydrogen) atoms. The van der Waals surface area contributed by atoms with Gasteiger partial charge >= 0.3 is 0 Å². The summed E-state index contributed by atoms with van der Waals surface area (Å²) >= 11 is 0.